The van der Waals surface area contributed by atoms with Crippen molar-refractivity contribution in [2.24, 2.45) is 0 Å². The first kappa shape index (κ1) is 14.7. The van der Waals surface area contributed by atoms with Crippen LogP contribution in [0.3, 0.4) is 0 Å². The summed E-state index contributed by atoms with van der Waals surface area (Å²) in [5.74, 6) is 0.537. The quantitative estimate of drug-likeness (QED) is 0.678. The number of nitrogens with zero attached hydrogens (tertiary/aromatic N) is 1. The Kier molecular flexibility index (Phi) is 4.98. The summed E-state index contributed by atoms with van der Waals surface area (Å²) in [6.45, 7) is 18.8. The molecule has 0 rings (SSSR count). The Hall–Kier alpha value is 0.749. The van der Waals surface area contributed by atoms with Gasteiger partial charge in [-0.1, -0.05) is 53.1 Å². The van der Waals surface area contributed by atoms with Crippen LogP contribution in [0, 0.1) is 0 Å². The highest BCUT2D eigenvalue weighted by Crippen LogP contribution is 2.28. The number of hydrogen-bond donors (Lipinski definition) is 0. The van der Waals surface area contributed by atoms with Crippen LogP contribution in [0.15, 0.2) is 0 Å². The maximum Gasteiger partial charge on any atom is 0.320 e. The van der Waals surface area contributed by atoms with Crippen LogP contribution in [0.4, 0.5) is 0 Å². The highest BCUT2D eigenvalue weighted by Gasteiger charge is 2.41. The summed E-state index contributed by atoms with van der Waals surface area (Å²) in [5, 5.41) is 0. The smallest absolute Gasteiger partial charge is 0.320 e. The lowest BCUT2D eigenvalue weighted by atomic mass is 9.78. The van der Waals surface area contributed by atoms with Crippen LogP contribution in [-0.4, -0.2) is 26.9 Å². The molecule has 84 valence electrons. The summed E-state index contributed by atoms with van der Waals surface area (Å²) in [6, 6.07) is 0. The molecule has 0 aromatic heterocycles. The summed E-state index contributed by atoms with van der Waals surface area (Å²) in [5.41, 5.74) is 0. The number of rotatable bonds is 4. The van der Waals surface area contributed by atoms with E-state index < -0.39 is 16.5 Å². The monoisotopic (exact) mass is 249 g/mol. The molecule has 0 amide bonds. The predicted octanol–water partition coefficient (Wildman–Crippen LogP) is 4.10. The molecule has 0 fully saturated rings. The van der Waals surface area contributed by atoms with Crippen LogP contribution in [-0.2, 0) is 0 Å². The number of halogens is 1. The molecule has 0 aliphatic heterocycles. The zero-order chi connectivity index (χ0) is 11.7. The molecule has 0 atom stereocenters. The van der Waals surface area contributed by atoms with E-state index in [-0.39, 0.29) is 6.26 Å². The first-order valence-electron chi connectivity index (χ1n) is 5.41. The first-order valence-corrected chi connectivity index (χ1v) is 12.7. The van der Waals surface area contributed by atoms with Crippen LogP contribution in [0.1, 0.15) is 13.8 Å². The average Bonchev–Trinajstić information content (AvgIpc) is 1.79. The van der Waals surface area contributed by atoms with Crippen LogP contribution in [0.5, 0.6) is 0 Å². The Balaban J connectivity index is 4.94. The Labute approximate surface area is 97.4 Å². The molecule has 0 radical (unpaired) electrons. The fourth-order valence-electron chi connectivity index (χ4n) is 2.04. The van der Waals surface area contributed by atoms with Gasteiger partial charge in [0.15, 0.2) is 0 Å². The van der Waals surface area contributed by atoms with Gasteiger partial charge in [0.1, 0.15) is 16.5 Å². The van der Waals surface area contributed by atoms with E-state index in [0.717, 1.165) is 0 Å². The normalized spacial score (nSPS) is 13.9. The molecule has 0 N–H and O–H groups in total. The standard InChI is InChI=1S/C9H25BClNSi2/c1-9(2)10(11)12(13(3,4)5)14(6,7)8/h9H,1-8H3. The van der Waals surface area contributed by atoms with Gasteiger partial charge in [0, 0.05) is 0 Å². The molecular weight excluding hydrogens is 225 g/mol. The maximum atomic E-state index is 6.55. The Morgan fingerprint density at radius 1 is 0.929 bits per heavy atom. The second kappa shape index (κ2) is 4.72. The molecule has 1 nitrogen and oxygen atoms in total. The van der Waals surface area contributed by atoms with Crippen LogP contribution in [0.25, 0.3) is 0 Å². The minimum atomic E-state index is -1.28. The second-order valence-electron chi connectivity index (χ2n) is 6.33. The predicted molar refractivity (Wildman–Crippen MR) is 75.2 cm³/mol. The van der Waals surface area contributed by atoms with Gasteiger partial charge in [-0.2, -0.15) is 11.5 Å². The van der Waals surface area contributed by atoms with Gasteiger partial charge in [0.05, 0.1) is 0 Å². The van der Waals surface area contributed by atoms with Gasteiger partial charge >= 0.3 is 6.26 Å². The third-order valence-corrected chi connectivity index (χ3v) is 10.7. The van der Waals surface area contributed by atoms with Crippen molar-refractivity contribution in [1.82, 2.24) is 4.14 Å². The van der Waals surface area contributed by atoms with E-state index in [1.54, 1.807) is 0 Å². The largest absolute Gasteiger partial charge is 0.374 e. The van der Waals surface area contributed by atoms with E-state index in [1.807, 2.05) is 0 Å². The van der Waals surface area contributed by atoms with Gasteiger partial charge in [0.25, 0.3) is 0 Å². The van der Waals surface area contributed by atoms with E-state index >= 15 is 0 Å². The van der Waals surface area contributed by atoms with E-state index in [0.29, 0.717) is 5.82 Å². The molecule has 14 heavy (non-hydrogen) atoms. The third-order valence-electron chi connectivity index (χ3n) is 2.24. The zero-order valence-corrected chi connectivity index (χ0v) is 13.7. The highest BCUT2D eigenvalue weighted by molar-refractivity contribution is 7.16. The van der Waals surface area contributed by atoms with Crippen molar-refractivity contribution in [3.63, 3.8) is 0 Å². The third kappa shape index (κ3) is 4.09. The summed E-state index contributed by atoms with van der Waals surface area (Å²) in [7, 11) is -2.57. The fourth-order valence-corrected chi connectivity index (χ4v) is 13.9. The summed E-state index contributed by atoms with van der Waals surface area (Å²) < 4.78 is 2.66. The van der Waals surface area contributed by atoms with Gasteiger partial charge in [0.2, 0.25) is 0 Å². The molecule has 0 aromatic carbocycles. The minimum Gasteiger partial charge on any atom is -0.374 e. The molecule has 0 unspecified atom stereocenters. The van der Waals surface area contributed by atoms with Gasteiger partial charge in [-0.25, -0.2) is 0 Å². The van der Waals surface area contributed by atoms with Crippen LogP contribution >= 0.6 is 11.5 Å². The highest BCUT2D eigenvalue weighted by atomic mass is 35.5. The summed E-state index contributed by atoms with van der Waals surface area (Å²) in [6.07, 6.45) is 0.216. The SMILES string of the molecule is CC(C)B(Cl)N([Si](C)(C)C)[Si](C)(C)C. The molecule has 0 heterocycles. The van der Waals surface area contributed by atoms with Crippen molar-refractivity contribution in [2.75, 3.05) is 0 Å². The van der Waals surface area contributed by atoms with Gasteiger partial charge in [-0.05, 0) is 5.82 Å². The average molecular weight is 250 g/mol. The van der Waals surface area contributed by atoms with E-state index in [2.05, 4.69) is 57.3 Å². The second-order valence-corrected chi connectivity index (χ2v) is 16.9. The molecular formula is C9H25BClNSi2. The van der Waals surface area contributed by atoms with Gasteiger partial charge < -0.3 is 4.14 Å². The molecule has 0 bridgehead atoms. The van der Waals surface area contributed by atoms with Crippen molar-refractivity contribution in [3.05, 3.63) is 0 Å². The van der Waals surface area contributed by atoms with Gasteiger partial charge in [-0.3, -0.25) is 0 Å². The van der Waals surface area contributed by atoms with Crippen LogP contribution < -0.4 is 0 Å². The van der Waals surface area contributed by atoms with E-state index in [9.17, 15) is 0 Å². The maximum absolute atomic E-state index is 6.55. The Morgan fingerprint density at radius 3 is 1.29 bits per heavy atom. The lowest BCUT2D eigenvalue weighted by Gasteiger charge is -2.46. The van der Waals surface area contributed by atoms with E-state index in [4.69, 9.17) is 11.5 Å². The van der Waals surface area contributed by atoms with E-state index in [1.165, 1.54) is 0 Å². The van der Waals surface area contributed by atoms with Crippen molar-refractivity contribution in [3.8, 4) is 0 Å². The Bertz CT molecular complexity index is 172. The molecule has 0 spiro atoms. The lowest BCUT2D eigenvalue weighted by molar-refractivity contribution is 0.881. The minimum absolute atomic E-state index is 0.216. The molecule has 5 heteroatoms. The van der Waals surface area contributed by atoms with Crippen molar-refractivity contribution in [2.45, 2.75) is 58.9 Å². The van der Waals surface area contributed by atoms with Crippen molar-refractivity contribution in [1.29, 1.82) is 0 Å². The van der Waals surface area contributed by atoms with Crippen molar-refractivity contribution < 1.29 is 0 Å². The molecule has 0 saturated heterocycles. The Morgan fingerprint density at radius 2 is 1.21 bits per heavy atom. The molecule has 0 saturated carbocycles. The topological polar surface area (TPSA) is 3.24 Å². The number of hydrogen-bond acceptors (Lipinski definition) is 1. The van der Waals surface area contributed by atoms with Crippen LogP contribution in [0.2, 0.25) is 45.1 Å². The molecule has 0 aromatic rings. The lowest BCUT2D eigenvalue weighted by Crippen LogP contribution is -2.64. The molecule has 0 aliphatic rings. The summed E-state index contributed by atoms with van der Waals surface area (Å²) >= 11 is 6.55. The fraction of sp³-hybridized carbons (Fsp3) is 1.00. The summed E-state index contributed by atoms with van der Waals surface area (Å²) in [4.78, 5) is 0. The molecule has 0 aliphatic carbocycles. The zero-order valence-electron chi connectivity index (χ0n) is 11.0. The van der Waals surface area contributed by atoms with Gasteiger partial charge in [-0.15, -0.1) is 0 Å². The van der Waals surface area contributed by atoms with Crippen molar-refractivity contribution >= 4 is 34.2 Å². The first-order chi connectivity index (χ1) is 5.98.